The van der Waals surface area contributed by atoms with Crippen molar-refractivity contribution in [2.45, 2.75) is 6.54 Å². The van der Waals surface area contributed by atoms with Crippen molar-refractivity contribution in [2.75, 3.05) is 20.6 Å². The standard InChI is InChI=1S/C16H18N2.C4H4O4/c1-17(2)11-12-18-15-9-5-3-7-13(15)14-8-4-6-10-16(14)18;5-3(6)1-2-4(7)8/h3-10H,11-12H2,1-2H3;1-2H,(H,5,6)(H,7,8)/b;2-1+. The minimum absolute atomic E-state index is 0.558. The predicted octanol–water partition coefficient (Wildman–Crippen LogP) is 3.07. The van der Waals surface area contributed by atoms with Crippen molar-refractivity contribution in [2.24, 2.45) is 0 Å². The molecule has 3 rings (SSSR count). The number of fused-ring (bicyclic) bond motifs is 3. The van der Waals surface area contributed by atoms with E-state index in [-0.39, 0.29) is 0 Å². The van der Waals surface area contributed by atoms with Crippen LogP contribution in [0.2, 0.25) is 0 Å². The predicted molar refractivity (Wildman–Crippen MR) is 102 cm³/mol. The topological polar surface area (TPSA) is 82.8 Å². The van der Waals surface area contributed by atoms with Gasteiger partial charge < -0.3 is 19.7 Å². The van der Waals surface area contributed by atoms with Gasteiger partial charge in [0.15, 0.2) is 0 Å². The Morgan fingerprint density at radius 2 is 1.31 bits per heavy atom. The fraction of sp³-hybridized carbons (Fsp3) is 0.200. The molecule has 0 bridgehead atoms. The number of carbonyl (C=O) groups is 2. The SMILES string of the molecule is CN(C)CCn1c2ccccc2c2ccccc21.O=C(O)/C=C/C(=O)O. The molecule has 1 aromatic heterocycles. The summed E-state index contributed by atoms with van der Waals surface area (Å²) in [6.45, 7) is 2.09. The van der Waals surface area contributed by atoms with Gasteiger partial charge in [-0.25, -0.2) is 9.59 Å². The summed E-state index contributed by atoms with van der Waals surface area (Å²) in [6.07, 6.45) is 1.12. The first-order valence-electron chi connectivity index (χ1n) is 8.14. The lowest BCUT2D eigenvalue weighted by molar-refractivity contribution is -0.134. The van der Waals surface area contributed by atoms with Crippen molar-refractivity contribution in [3.63, 3.8) is 0 Å². The van der Waals surface area contributed by atoms with Gasteiger partial charge in [0.2, 0.25) is 0 Å². The van der Waals surface area contributed by atoms with Crippen molar-refractivity contribution in [3.05, 3.63) is 60.7 Å². The monoisotopic (exact) mass is 354 g/mol. The van der Waals surface area contributed by atoms with Crippen molar-refractivity contribution in [1.82, 2.24) is 9.47 Å². The Balaban J connectivity index is 0.000000260. The molecule has 0 atom stereocenters. The Kier molecular flexibility index (Phi) is 6.52. The van der Waals surface area contributed by atoms with Crippen LogP contribution in [0.3, 0.4) is 0 Å². The molecule has 0 aliphatic rings. The largest absolute Gasteiger partial charge is 0.478 e. The van der Waals surface area contributed by atoms with Gasteiger partial charge in [-0.1, -0.05) is 36.4 Å². The molecule has 0 fully saturated rings. The highest BCUT2D eigenvalue weighted by Gasteiger charge is 2.08. The molecule has 0 amide bonds. The van der Waals surface area contributed by atoms with Crippen molar-refractivity contribution in [1.29, 1.82) is 0 Å². The van der Waals surface area contributed by atoms with E-state index in [1.165, 1.54) is 21.8 Å². The van der Waals surface area contributed by atoms with E-state index < -0.39 is 11.9 Å². The minimum Gasteiger partial charge on any atom is -0.478 e. The molecule has 2 aromatic carbocycles. The minimum atomic E-state index is -1.26. The summed E-state index contributed by atoms with van der Waals surface area (Å²) in [5, 5.41) is 18.3. The van der Waals surface area contributed by atoms with Gasteiger partial charge in [-0.05, 0) is 26.2 Å². The molecular formula is C20H22N2O4. The van der Waals surface area contributed by atoms with Gasteiger partial charge in [0.25, 0.3) is 0 Å². The zero-order chi connectivity index (χ0) is 19.1. The van der Waals surface area contributed by atoms with Crippen molar-refractivity contribution >= 4 is 33.7 Å². The average molecular weight is 354 g/mol. The van der Waals surface area contributed by atoms with E-state index in [1.807, 2.05) is 0 Å². The van der Waals surface area contributed by atoms with E-state index in [2.05, 4.69) is 72.1 Å². The zero-order valence-electron chi connectivity index (χ0n) is 14.8. The Hall–Kier alpha value is -3.12. The van der Waals surface area contributed by atoms with Gasteiger partial charge in [-0.15, -0.1) is 0 Å². The molecule has 0 aliphatic heterocycles. The highest BCUT2D eigenvalue weighted by atomic mass is 16.4. The van der Waals surface area contributed by atoms with Gasteiger partial charge in [0.05, 0.1) is 0 Å². The van der Waals surface area contributed by atoms with Gasteiger partial charge in [-0.3, -0.25) is 0 Å². The summed E-state index contributed by atoms with van der Waals surface area (Å²) >= 11 is 0. The lowest BCUT2D eigenvalue weighted by Gasteiger charge is -2.12. The summed E-state index contributed by atoms with van der Waals surface area (Å²) in [5.74, 6) is -2.51. The highest BCUT2D eigenvalue weighted by Crippen LogP contribution is 2.28. The maximum absolute atomic E-state index is 9.55. The van der Waals surface area contributed by atoms with Crippen molar-refractivity contribution < 1.29 is 19.8 Å². The highest BCUT2D eigenvalue weighted by molar-refractivity contribution is 6.07. The lowest BCUT2D eigenvalue weighted by Crippen LogP contribution is -2.18. The Morgan fingerprint density at radius 1 is 0.885 bits per heavy atom. The first-order valence-corrected chi connectivity index (χ1v) is 8.14. The summed E-state index contributed by atoms with van der Waals surface area (Å²) < 4.78 is 2.42. The third-order valence-corrected chi connectivity index (χ3v) is 3.82. The maximum Gasteiger partial charge on any atom is 0.328 e. The molecule has 0 saturated heterocycles. The van der Waals surface area contributed by atoms with E-state index in [0.717, 1.165) is 13.1 Å². The van der Waals surface area contributed by atoms with E-state index in [9.17, 15) is 9.59 Å². The second-order valence-electron chi connectivity index (χ2n) is 6.00. The molecule has 0 aliphatic carbocycles. The Bertz CT molecular complexity index is 872. The lowest BCUT2D eigenvalue weighted by atomic mass is 10.2. The van der Waals surface area contributed by atoms with Gasteiger partial charge in [-0.2, -0.15) is 0 Å². The number of carboxylic acid groups (broad SMARTS) is 2. The number of benzene rings is 2. The number of para-hydroxylation sites is 2. The third kappa shape index (κ3) is 4.94. The number of aliphatic carboxylic acids is 2. The van der Waals surface area contributed by atoms with Crippen LogP contribution in [0, 0.1) is 0 Å². The number of hydrogen-bond donors (Lipinski definition) is 2. The van der Waals surface area contributed by atoms with Crippen LogP contribution in [-0.4, -0.2) is 52.3 Å². The zero-order valence-corrected chi connectivity index (χ0v) is 14.8. The quantitative estimate of drug-likeness (QED) is 0.688. The summed E-state index contributed by atoms with van der Waals surface area (Å²) in [7, 11) is 4.24. The molecule has 1 heterocycles. The van der Waals surface area contributed by atoms with Gasteiger partial charge >= 0.3 is 11.9 Å². The number of rotatable bonds is 5. The second kappa shape index (κ2) is 8.82. The van der Waals surface area contributed by atoms with Crippen LogP contribution < -0.4 is 0 Å². The molecule has 3 aromatic rings. The van der Waals surface area contributed by atoms with Crippen LogP contribution in [-0.2, 0) is 16.1 Å². The number of hydrogen-bond acceptors (Lipinski definition) is 3. The smallest absolute Gasteiger partial charge is 0.328 e. The molecule has 6 nitrogen and oxygen atoms in total. The molecule has 0 unspecified atom stereocenters. The molecule has 0 spiro atoms. The summed E-state index contributed by atoms with van der Waals surface area (Å²) in [4.78, 5) is 21.3. The van der Waals surface area contributed by atoms with E-state index >= 15 is 0 Å². The third-order valence-electron chi connectivity index (χ3n) is 3.82. The fourth-order valence-electron chi connectivity index (χ4n) is 2.69. The first kappa shape index (κ1) is 19.2. The summed E-state index contributed by atoms with van der Waals surface area (Å²) in [6, 6.07) is 17.3. The van der Waals surface area contributed by atoms with Gasteiger partial charge in [0.1, 0.15) is 0 Å². The average Bonchev–Trinajstić information content (AvgIpc) is 2.93. The molecular weight excluding hydrogens is 332 g/mol. The Labute approximate surface area is 151 Å². The molecule has 0 radical (unpaired) electrons. The van der Waals surface area contributed by atoms with E-state index in [1.54, 1.807) is 0 Å². The first-order chi connectivity index (χ1) is 12.4. The molecule has 2 N–H and O–H groups in total. The maximum atomic E-state index is 9.55. The normalized spacial score (nSPS) is 11.0. The molecule has 26 heavy (non-hydrogen) atoms. The number of nitrogens with zero attached hydrogens (tertiary/aromatic N) is 2. The number of likely N-dealkylation sites (N-methyl/N-ethyl adjacent to an activating group) is 1. The number of aromatic nitrogens is 1. The van der Waals surface area contributed by atoms with Crippen LogP contribution in [0.1, 0.15) is 0 Å². The molecule has 136 valence electrons. The van der Waals surface area contributed by atoms with Crippen molar-refractivity contribution in [3.8, 4) is 0 Å². The molecule has 6 heteroatoms. The number of carboxylic acids is 2. The van der Waals surface area contributed by atoms with Crippen LogP contribution in [0.15, 0.2) is 60.7 Å². The summed E-state index contributed by atoms with van der Waals surface area (Å²) in [5.41, 5.74) is 2.67. The van der Waals surface area contributed by atoms with Gasteiger partial charge in [0, 0.05) is 47.0 Å². The second-order valence-corrected chi connectivity index (χ2v) is 6.00. The van der Waals surface area contributed by atoms with E-state index in [4.69, 9.17) is 10.2 Å². The fourth-order valence-corrected chi connectivity index (χ4v) is 2.69. The van der Waals surface area contributed by atoms with E-state index in [0.29, 0.717) is 12.2 Å². The van der Waals surface area contributed by atoms with Crippen LogP contribution in [0.25, 0.3) is 21.8 Å². The van der Waals surface area contributed by atoms with Crippen LogP contribution in [0.5, 0.6) is 0 Å². The van der Waals surface area contributed by atoms with Crippen LogP contribution in [0.4, 0.5) is 0 Å². The van der Waals surface area contributed by atoms with Crippen LogP contribution >= 0.6 is 0 Å². The molecule has 0 saturated carbocycles. The Morgan fingerprint density at radius 3 is 1.69 bits per heavy atom.